The lowest BCUT2D eigenvalue weighted by Crippen LogP contribution is -2.36. The Morgan fingerprint density at radius 2 is 2.00 bits per heavy atom. The Kier molecular flexibility index (Phi) is 4.62. The fourth-order valence-corrected chi connectivity index (χ4v) is 3.53. The van der Waals surface area contributed by atoms with Crippen LogP contribution in [-0.4, -0.2) is 33.3 Å². The number of methoxy groups -OCH3 is 2. The lowest BCUT2D eigenvalue weighted by Gasteiger charge is -2.26. The molecule has 2 aromatic carbocycles. The molecule has 0 unspecified atom stereocenters. The predicted octanol–water partition coefficient (Wildman–Crippen LogP) is 3.56. The standard InChI is InChI=1S/C20H20N2O3/c1-21-16-10-9-14(24-3)11-13(16)12-18-19(20(23)25-4)15-7-5-6-8-17(15)22(18)2/h5-11,18-19H,12H2,2-4H3/t18-,19+/m1/s1. The van der Waals surface area contributed by atoms with Crippen LogP contribution in [0.2, 0.25) is 0 Å². The summed E-state index contributed by atoms with van der Waals surface area (Å²) in [4.78, 5) is 18.2. The average molecular weight is 336 g/mol. The van der Waals surface area contributed by atoms with Gasteiger partial charge in [-0.3, -0.25) is 4.79 Å². The number of rotatable bonds is 4. The monoisotopic (exact) mass is 336 g/mol. The van der Waals surface area contributed by atoms with Crippen LogP contribution in [0, 0.1) is 6.57 Å². The first-order chi connectivity index (χ1) is 12.1. The second-order valence-electron chi connectivity index (χ2n) is 6.05. The first-order valence-electron chi connectivity index (χ1n) is 8.04. The van der Waals surface area contributed by atoms with E-state index in [2.05, 4.69) is 9.74 Å². The van der Waals surface area contributed by atoms with Gasteiger partial charge in [0.2, 0.25) is 0 Å². The third-order valence-corrected chi connectivity index (χ3v) is 4.83. The fourth-order valence-electron chi connectivity index (χ4n) is 3.53. The van der Waals surface area contributed by atoms with E-state index in [9.17, 15) is 4.79 Å². The summed E-state index contributed by atoms with van der Waals surface area (Å²) in [6.07, 6.45) is 0.555. The molecule has 0 aromatic heterocycles. The molecule has 5 heteroatoms. The summed E-state index contributed by atoms with van der Waals surface area (Å²) in [5, 5.41) is 0. The van der Waals surface area contributed by atoms with Gasteiger partial charge in [-0.1, -0.05) is 24.3 Å². The van der Waals surface area contributed by atoms with Crippen LogP contribution in [0.15, 0.2) is 42.5 Å². The van der Waals surface area contributed by atoms with Crippen LogP contribution in [0.1, 0.15) is 17.0 Å². The van der Waals surface area contributed by atoms with E-state index in [-0.39, 0.29) is 17.9 Å². The number of anilines is 1. The van der Waals surface area contributed by atoms with E-state index in [4.69, 9.17) is 16.0 Å². The lowest BCUT2D eigenvalue weighted by atomic mass is 9.90. The molecule has 128 valence electrons. The van der Waals surface area contributed by atoms with Crippen molar-refractivity contribution in [2.45, 2.75) is 18.4 Å². The summed E-state index contributed by atoms with van der Waals surface area (Å²) < 4.78 is 10.4. The number of carbonyl (C=O) groups excluding carboxylic acids is 1. The summed E-state index contributed by atoms with van der Waals surface area (Å²) >= 11 is 0. The Bertz CT molecular complexity index is 841. The molecule has 0 aliphatic carbocycles. The molecule has 0 saturated heterocycles. The summed E-state index contributed by atoms with van der Waals surface area (Å²) in [7, 11) is 4.99. The first kappa shape index (κ1) is 16.8. The van der Waals surface area contributed by atoms with Crippen LogP contribution >= 0.6 is 0 Å². The molecule has 25 heavy (non-hydrogen) atoms. The Hall–Kier alpha value is -3.00. The summed E-state index contributed by atoms with van der Waals surface area (Å²) in [6.45, 7) is 7.42. The van der Waals surface area contributed by atoms with E-state index in [0.717, 1.165) is 16.8 Å². The van der Waals surface area contributed by atoms with Gasteiger partial charge in [0.05, 0.1) is 20.8 Å². The molecule has 0 saturated carbocycles. The van der Waals surface area contributed by atoms with Gasteiger partial charge < -0.3 is 14.4 Å². The van der Waals surface area contributed by atoms with Crippen molar-refractivity contribution in [3.63, 3.8) is 0 Å². The van der Waals surface area contributed by atoms with E-state index in [1.54, 1.807) is 19.2 Å². The van der Waals surface area contributed by atoms with Crippen LogP contribution < -0.4 is 9.64 Å². The molecule has 1 heterocycles. The molecule has 1 aliphatic heterocycles. The number of para-hydroxylation sites is 1. The van der Waals surface area contributed by atoms with Crippen molar-refractivity contribution in [3.05, 3.63) is 65.0 Å². The number of ether oxygens (including phenoxy) is 2. The summed E-state index contributed by atoms with van der Waals surface area (Å²) in [6, 6.07) is 13.2. The number of esters is 1. The number of likely N-dealkylation sites (N-methyl/N-ethyl adjacent to an activating group) is 1. The average Bonchev–Trinajstić information content (AvgIpc) is 2.93. The minimum atomic E-state index is -0.379. The van der Waals surface area contributed by atoms with E-state index < -0.39 is 0 Å². The van der Waals surface area contributed by atoms with Crippen molar-refractivity contribution in [2.24, 2.45) is 0 Å². The van der Waals surface area contributed by atoms with Gasteiger partial charge in [-0.2, -0.15) is 0 Å². The zero-order valence-corrected chi connectivity index (χ0v) is 14.5. The van der Waals surface area contributed by atoms with Gasteiger partial charge in [0, 0.05) is 18.8 Å². The zero-order chi connectivity index (χ0) is 18.0. The summed E-state index contributed by atoms with van der Waals surface area (Å²) in [5.41, 5.74) is 3.44. The highest BCUT2D eigenvalue weighted by Gasteiger charge is 2.41. The number of nitrogens with zero attached hydrogens (tertiary/aromatic N) is 2. The molecule has 2 atom stereocenters. The topological polar surface area (TPSA) is 43.1 Å². The van der Waals surface area contributed by atoms with E-state index in [1.165, 1.54) is 7.11 Å². The number of benzene rings is 2. The molecule has 5 nitrogen and oxygen atoms in total. The molecule has 1 aliphatic rings. The number of hydrogen-bond donors (Lipinski definition) is 0. The van der Waals surface area contributed by atoms with E-state index >= 15 is 0 Å². The third kappa shape index (κ3) is 2.91. The molecular formula is C20H20N2O3. The van der Waals surface area contributed by atoms with Crippen LogP contribution in [0.3, 0.4) is 0 Å². The molecule has 0 fully saturated rings. The predicted molar refractivity (Wildman–Crippen MR) is 96.4 cm³/mol. The molecule has 2 aromatic rings. The van der Waals surface area contributed by atoms with E-state index in [0.29, 0.717) is 17.9 Å². The number of hydrogen-bond acceptors (Lipinski definition) is 4. The van der Waals surface area contributed by atoms with Gasteiger partial charge in [-0.15, -0.1) is 0 Å². The highest BCUT2D eigenvalue weighted by molar-refractivity contribution is 5.85. The summed E-state index contributed by atoms with van der Waals surface area (Å²) in [5.74, 6) is 0.0697. The van der Waals surface area contributed by atoms with Crippen molar-refractivity contribution < 1.29 is 14.3 Å². The second-order valence-corrected chi connectivity index (χ2v) is 6.05. The Labute approximate surface area is 147 Å². The van der Waals surface area contributed by atoms with Crippen LogP contribution in [0.25, 0.3) is 4.85 Å². The number of carbonyl (C=O) groups is 1. The maximum absolute atomic E-state index is 12.5. The molecular weight excluding hydrogens is 316 g/mol. The lowest BCUT2D eigenvalue weighted by molar-refractivity contribution is -0.142. The normalized spacial score (nSPS) is 18.4. The first-order valence-corrected chi connectivity index (χ1v) is 8.04. The Morgan fingerprint density at radius 1 is 1.24 bits per heavy atom. The minimum absolute atomic E-state index is 0.113. The van der Waals surface area contributed by atoms with Crippen LogP contribution in [0.4, 0.5) is 11.4 Å². The van der Waals surface area contributed by atoms with Gasteiger partial charge in [0.1, 0.15) is 11.7 Å². The van der Waals surface area contributed by atoms with Gasteiger partial charge in [-0.25, -0.2) is 4.85 Å². The Balaban J connectivity index is 2.02. The zero-order valence-electron chi connectivity index (χ0n) is 14.5. The third-order valence-electron chi connectivity index (χ3n) is 4.83. The van der Waals surface area contributed by atoms with Gasteiger partial charge in [0.15, 0.2) is 5.69 Å². The smallest absolute Gasteiger partial charge is 0.315 e. The van der Waals surface area contributed by atoms with Crippen molar-refractivity contribution in [2.75, 3.05) is 26.2 Å². The van der Waals surface area contributed by atoms with Gasteiger partial charge >= 0.3 is 5.97 Å². The maximum Gasteiger partial charge on any atom is 0.315 e. The van der Waals surface area contributed by atoms with Crippen LogP contribution in [-0.2, 0) is 16.0 Å². The highest BCUT2D eigenvalue weighted by atomic mass is 16.5. The highest BCUT2D eigenvalue weighted by Crippen LogP contribution is 2.42. The van der Waals surface area contributed by atoms with Crippen molar-refractivity contribution in [1.82, 2.24) is 0 Å². The fraction of sp³-hybridized carbons (Fsp3) is 0.300. The molecule has 0 amide bonds. The largest absolute Gasteiger partial charge is 0.497 e. The Morgan fingerprint density at radius 3 is 2.68 bits per heavy atom. The molecule has 0 N–H and O–H groups in total. The quantitative estimate of drug-likeness (QED) is 0.632. The van der Waals surface area contributed by atoms with Crippen molar-refractivity contribution >= 4 is 17.3 Å². The molecule has 0 radical (unpaired) electrons. The van der Waals surface area contributed by atoms with Gasteiger partial charge in [-0.05, 0) is 35.7 Å². The van der Waals surface area contributed by atoms with Crippen LogP contribution in [0.5, 0.6) is 5.75 Å². The van der Waals surface area contributed by atoms with Crippen molar-refractivity contribution in [3.8, 4) is 5.75 Å². The van der Waals surface area contributed by atoms with Crippen molar-refractivity contribution in [1.29, 1.82) is 0 Å². The molecule has 3 rings (SSSR count). The maximum atomic E-state index is 12.5. The van der Waals surface area contributed by atoms with Gasteiger partial charge in [0.25, 0.3) is 0 Å². The molecule has 0 spiro atoms. The second kappa shape index (κ2) is 6.86. The molecule has 0 bridgehead atoms. The number of fused-ring (bicyclic) bond motifs is 1. The minimum Gasteiger partial charge on any atom is -0.497 e. The van der Waals surface area contributed by atoms with E-state index in [1.807, 2.05) is 37.4 Å². The SMILES string of the molecule is [C-]#[N+]c1ccc(OC)cc1C[C@@H]1[C@@H](C(=O)OC)c2ccccc2N1C.